The van der Waals surface area contributed by atoms with Gasteiger partial charge >= 0.3 is 0 Å². The van der Waals surface area contributed by atoms with Crippen LogP contribution in [-0.4, -0.2) is 27.2 Å². The van der Waals surface area contributed by atoms with Crippen LogP contribution in [-0.2, 0) is 0 Å². The molecule has 0 saturated heterocycles. The smallest absolute Gasteiger partial charge is 0.191 e. The molecule has 0 bridgehead atoms. The Balaban J connectivity index is 1.73. The van der Waals surface area contributed by atoms with Gasteiger partial charge in [0, 0.05) is 0 Å². The van der Waals surface area contributed by atoms with E-state index in [0.717, 1.165) is 18.3 Å². The first-order valence-electron chi connectivity index (χ1n) is 5.83. The van der Waals surface area contributed by atoms with Crippen molar-refractivity contribution in [3.05, 3.63) is 5.82 Å². The normalized spacial score (nSPS) is 20.3. The Labute approximate surface area is 90.0 Å². The molecule has 0 spiro atoms. The fourth-order valence-electron chi connectivity index (χ4n) is 2.18. The monoisotopic (exact) mass is 209 g/mol. The maximum atomic E-state index is 3.97. The lowest BCUT2D eigenvalue weighted by atomic mass is 9.89. The number of tetrazole rings is 1. The fraction of sp³-hybridized carbons (Fsp3) is 0.900. The van der Waals surface area contributed by atoms with Crippen molar-refractivity contribution in [2.24, 2.45) is 5.92 Å². The van der Waals surface area contributed by atoms with Crippen LogP contribution in [0.1, 0.15) is 50.9 Å². The van der Waals surface area contributed by atoms with E-state index in [1.165, 1.54) is 32.1 Å². The maximum absolute atomic E-state index is 3.97. The van der Waals surface area contributed by atoms with Gasteiger partial charge in [0.15, 0.2) is 5.82 Å². The van der Waals surface area contributed by atoms with E-state index in [2.05, 4.69) is 32.9 Å². The Morgan fingerprint density at radius 1 is 1.40 bits per heavy atom. The number of aromatic amines is 1. The third kappa shape index (κ3) is 2.99. The SMILES string of the molecule is CC(NCC1CCCCC1)c1nn[nH]n1. The van der Waals surface area contributed by atoms with Crippen LogP contribution in [0.2, 0.25) is 0 Å². The first-order chi connectivity index (χ1) is 7.36. The number of hydrogen-bond donors (Lipinski definition) is 2. The highest BCUT2D eigenvalue weighted by Crippen LogP contribution is 2.23. The summed E-state index contributed by atoms with van der Waals surface area (Å²) < 4.78 is 0. The topological polar surface area (TPSA) is 66.5 Å². The molecule has 2 rings (SSSR count). The van der Waals surface area contributed by atoms with E-state index >= 15 is 0 Å². The highest BCUT2D eigenvalue weighted by molar-refractivity contribution is 4.86. The lowest BCUT2D eigenvalue weighted by Gasteiger charge is -2.23. The lowest BCUT2D eigenvalue weighted by Crippen LogP contribution is -2.27. The van der Waals surface area contributed by atoms with Gasteiger partial charge < -0.3 is 5.32 Å². The van der Waals surface area contributed by atoms with E-state index in [-0.39, 0.29) is 6.04 Å². The third-order valence-corrected chi connectivity index (χ3v) is 3.19. The predicted molar refractivity (Wildman–Crippen MR) is 57.2 cm³/mol. The molecule has 0 amide bonds. The average Bonchev–Trinajstić information content (AvgIpc) is 2.81. The minimum atomic E-state index is 0.200. The summed E-state index contributed by atoms with van der Waals surface area (Å²) in [5, 5.41) is 17.5. The molecule has 1 fully saturated rings. The highest BCUT2D eigenvalue weighted by Gasteiger charge is 2.15. The van der Waals surface area contributed by atoms with E-state index < -0.39 is 0 Å². The van der Waals surface area contributed by atoms with Gasteiger partial charge in [0.25, 0.3) is 0 Å². The van der Waals surface area contributed by atoms with E-state index in [9.17, 15) is 0 Å². The number of hydrogen-bond acceptors (Lipinski definition) is 4. The number of rotatable bonds is 4. The molecule has 1 aliphatic carbocycles. The summed E-state index contributed by atoms with van der Waals surface area (Å²) >= 11 is 0. The summed E-state index contributed by atoms with van der Waals surface area (Å²) in [7, 11) is 0. The summed E-state index contributed by atoms with van der Waals surface area (Å²) in [6.45, 7) is 3.16. The maximum Gasteiger partial charge on any atom is 0.191 e. The molecule has 0 aliphatic heterocycles. The fourth-order valence-corrected chi connectivity index (χ4v) is 2.18. The van der Waals surface area contributed by atoms with Crippen molar-refractivity contribution in [3.63, 3.8) is 0 Å². The number of nitrogens with zero attached hydrogens (tertiary/aromatic N) is 3. The molecule has 0 aromatic carbocycles. The minimum Gasteiger partial charge on any atom is -0.307 e. The Hall–Kier alpha value is -0.970. The Bertz CT molecular complexity index is 265. The zero-order chi connectivity index (χ0) is 10.5. The minimum absolute atomic E-state index is 0.200. The predicted octanol–water partition coefficient (Wildman–Crippen LogP) is 1.43. The van der Waals surface area contributed by atoms with Gasteiger partial charge in [0.2, 0.25) is 0 Å². The quantitative estimate of drug-likeness (QED) is 0.787. The van der Waals surface area contributed by atoms with E-state index in [1.807, 2.05) is 0 Å². The van der Waals surface area contributed by atoms with Gasteiger partial charge in [-0.25, -0.2) is 0 Å². The second kappa shape index (κ2) is 5.21. The average molecular weight is 209 g/mol. The molecule has 1 aliphatic rings. The summed E-state index contributed by atoms with van der Waals surface area (Å²) in [6.07, 6.45) is 6.93. The molecule has 1 saturated carbocycles. The van der Waals surface area contributed by atoms with Crippen LogP contribution in [0.5, 0.6) is 0 Å². The van der Waals surface area contributed by atoms with E-state index in [4.69, 9.17) is 0 Å². The van der Waals surface area contributed by atoms with Crippen molar-refractivity contribution in [1.82, 2.24) is 25.9 Å². The van der Waals surface area contributed by atoms with E-state index in [1.54, 1.807) is 0 Å². The van der Waals surface area contributed by atoms with Crippen molar-refractivity contribution in [3.8, 4) is 0 Å². The molecule has 1 aromatic heterocycles. The Kier molecular flexibility index (Phi) is 3.66. The van der Waals surface area contributed by atoms with Crippen LogP contribution in [0, 0.1) is 5.92 Å². The second-order valence-corrected chi connectivity index (χ2v) is 4.40. The van der Waals surface area contributed by atoms with Crippen molar-refractivity contribution >= 4 is 0 Å². The second-order valence-electron chi connectivity index (χ2n) is 4.40. The van der Waals surface area contributed by atoms with Crippen LogP contribution in [0.3, 0.4) is 0 Å². The molecule has 1 aromatic rings. The van der Waals surface area contributed by atoms with Gasteiger partial charge in [0.05, 0.1) is 6.04 Å². The molecule has 2 N–H and O–H groups in total. The standard InChI is InChI=1S/C10H19N5/c1-8(10-12-14-15-13-10)11-7-9-5-3-2-4-6-9/h8-9,11H,2-7H2,1H3,(H,12,13,14,15). The van der Waals surface area contributed by atoms with Crippen molar-refractivity contribution in [2.45, 2.75) is 45.1 Å². The molecule has 1 atom stereocenters. The summed E-state index contributed by atoms with van der Waals surface area (Å²) in [4.78, 5) is 0. The molecule has 5 nitrogen and oxygen atoms in total. The van der Waals surface area contributed by atoms with E-state index in [0.29, 0.717) is 0 Å². The zero-order valence-electron chi connectivity index (χ0n) is 9.24. The molecule has 1 heterocycles. The number of aromatic nitrogens is 4. The van der Waals surface area contributed by atoms with Crippen LogP contribution in [0.25, 0.3) is 0 Å². The molecular formula is C10H19N5. The van der Waals surface area contributed by atoms with Gasteiger partial charge in [0.1, 0.15) is 0 Å². The number of nitrogens with one attached hydrogen (secondary N) is 2. The van der Waals surface area contributed by atoms with Crippen LogP contribution in [0.15, 0.2) is 0 Å². The molecule has 5 heteroatoms. The largest absolute Gasteiger partial charge is 0.307 e. The molecule has 0 radical (unpaired) electrons. The summed E-state index contributed by atoms with van der Waals surface area (Å²) in [5.74, 6) is 1.60. The molecule has 84 valence electrons. The third-order valence-electron chi connectivity index (χ3n) is 3.19. The lowest BCUT2D eigenvalue weighted by molar-refractivity contribution is 0.329. The van der Waals surface area contributed by atoms with Crippen LogP contribution in [0.4, 0.5) is 0 Å². The summed E-state index contributed by atoms with van der Waals surface area (Å²) in [5.41, 5.74) is 0. The number of H-pyrrole nitrogens is 1. The zero-order valence-corrected chi connectivity index (χ0v) is 9.24. The Morgan fingerprint density at radius 2 is 2.20 bits per heavy atom. The van der Waals surface area contributed by atoms with Gasteiger partial charge in [-0.3, -0.25) is 0 Å². The molecule has 1 unspecified atom stereocenters. The van der Waals surface area contributed by atoms with Gasteiger partial charge in [-0.2, -0.15) is 5.21 Å². The van der Waals surface area contributed by atoms with Crippen LogP contribution >= 0.6 is 0 Å². The van der Waals surface area contributed by atoms with Crippen molar-refractivity contribution < 1.29 is 0 Å². The first-order valence-corrected chi connectivity index (χ1v) is 5.83. The Morgan fingerprint density at radius 3 is 2.87 bits per heavy atom. The van der Waals surface area contributed by atoms with Gasteiger partial charge in [-0.05, 0) is 32.2 Å². The van der Waals surface area contributed by atoms with Crippen molar-refractivity contribution in [2.75, 3.05) is 6.54 Å². The van der Waals surface area contributed by atoms with Crippen LogP contribution < -0.4 is 5.32 Å². The molecular weight excluding hydrogens is 190 g/mol. The molecule has 15 heavy (non-hydrogen) atoms. The van der Waals surface area contributed by atoms with Gasteiger partial charge in [-0.15, -0.1) is 10.2 Å². The first kappa shape index (κ1) is 10.5. The summed E-state index contributed by atoms with van der Waals surface area (Å²) in [6, 6.07) is 0.200. The highest BCUT2D eigenvalue weighted by atomic mass is 15.5. The van der Waals surface area contributed by atoms with Gasteiger partial charge in [-0.1, -0.05) is 24.5 Å². The van der Waals surface area contributed by atoms with Crippen molar-refractivity contribution in [1.29, 1.82) is 0 Å².